The highest BCUT2D eigenvalue weighted by molar-refractivity contribution is 5.92. The lowest BCUT2D eigenvalue weighted by molar-refractivity contribution is 0.0821. The Kier molecular flexibility index (Phi) is 1.59. The van der Waals surface area contributed by atoms with Crippen LogP contribution in [0.2, 0.25) is 0 Å². The molecule has 2 aromatic rings. The van der Waals surface area contributed by atoms with Crippen LogP contribution in [0.15, 0.2) is 24.5 Å². The van der Waals surface area contributed by atoms with Gasteiger partial charge in [0.1, 0.15) is 11.3 Å². The zero-order valence-electron chi connectivity index (χ0n) is 16.6. The van der Waals surface area contributed by atoms with Crippen molar-refractivity contribution in [1.29, 1.82) is 0 Å². The summed E-state index contributed by atoms with van der Waals surface area (Å²) in [6.07, 6.45) is 2.86. The molecule has 0 aromatic carbocycles. The fourth-order valence-electron chi connectivity index (χ4n) is 1.70. The van der Waals surface area contributed by atoms with Crippen molar-refractivity contribution in [2.75, 3.05) is 14.0 Å². The molecule has 0 aliphatic carbocycles. The summed E-state index contributed by atoms with van der Waals surface area (Å²) in [5.74, 6) is -1.12. The summed E-state index contributed by atoms with van der Waals surface area (Å²) in [4.78, 5) is 16.6. The van der Waals surface area contributed by atoms with Gasteiger partial charge in [-0.2, -0.15) is 0 Å². The summed E-state index contributed by atoms with van der Waals surface area (Å²) in [6.45, 7) is -0.209. The van der Waals surface area contributed by atoms with Gasteiger partial charge in [0.05, 0.1) is 6.20 Å². The lowest BCUT2D eigenvalue weighted by Crippen LogP contribution is -2.23. The normalized spacial score (nSPS) is 18.2. The Hall–Kier alpha value is -1.84. The van der Waals surface area contributed by atoms with Crippen molar-refractivity contribution in [1.82, 2.24) is 14.3 Å². The molecule has 0 saturated heterocycles. The number of nitrogens with zero attached hydrogens (tertiary/aromatic N) is 3. The fraction of sp³-hybridized carbons (Fsp3) is 0.429. The lowest BCUT2D eigenvalue weighted by atomic mass is 9.88. The summed E-state index contributed by atoms with van der Waals surface area (Å²) in [6, 6.07) is 3.56. The maximum absolute atomic E-state index is 12.6. The van der Waals surface area contributed by atoms with Crippen LogP contribution < -0.4 is 0 Å². The van der Waals surface area contributed by atoms with Crippen LogP contribution in [0.3, 0.4) is 0 Å². The van der Waals surface area contributed by atoms with Crippen molar-refractivity contribution in [3.63, 3.8) is 0 Å². The van der Waals surface area contributed by atoms with Crippen LogP contribution in [0, 0.1) is 0 Å². The fourth-order valence-corrected chi connectivity index (χ4v) is 1.70. The molecule has 4 heteroatoms. The van der Waals surface area contributed by atoms with Crippen LogP contribution in [0.5, 0.6) is 0 Å². The first-order valence-corrected chi connectivity index (χ1v) is 5.55. The first-order chi connectivity index (χ1) is 10.7. The zero-order chi connectivity index (χ0) is 18.5. The minimum atomic E-state index is -3.09. The number of aromatic nitrogens is 2. The van der Waals surface area contributed by atoms with Crippen molar-refractivity contribution in [3.8, 4) is 0 Å². The van der Waals surface area contributed by atoms with Crippen molar-refractivity contribution >= 4 is 11.6 Å². The summed E-state index contributed by atoms with van der Waals surface area (Å²) in [7, 11) is 0. The molecule has 96 valence electrons. The van der Waals surface area contributed by atoms with Crippen LogP contribution in [-0.2, 0) is 5.41 Å². The number of imidazole rings is 1. The molecule has 0 aliphatic heterocycles. The average Bonchev–Trinajstić information content (AvgIpc) is 2.76. The predicted molar refractivity (Wildman–Crippen MR) is 71.9 cm³/mol. The highest BCUT2D eigenvalue weighted by Crippen LogP contribution is 2.23. The number of fused-ring (bicyclic) bond motifs is 1. The SMILES string of the molecule is [2H]C([2H])([2H])N(C(=O)c1cnc2ccc(C(C)(C)C)cn12)C([2H])([2H])[2H]. The summed E-state index contributed by atoms with van der Waals surface area (Å²) >= 11 is 0. The molecular formula is C14H19N3O. The molecule has 0 fully saturated rings. The Bertz CT molecular complexity index is 755. The van der Waals surface area contributed by atoms with E-state index in [-0.39, 0.29) is 16.0 Å². The monoisotopic (exact) mass is 251 g/mol. The third-order valence-corrected chi connectivity index (χ3v) is 2.79. The molecule has 0 unspecified atom stereocenters. The summed E-state index contributed by atoms with van der Waals surface area (Å²) in [5, 5.41) is 0. The second-order valence-electron chi connectivity index (χ2n) is 5.18. The van der Waals surface area contributed by atoms with E-state index in [9.17, 15) is 4.79 Å². The van der Waals surface area contributed by atoms with Crippen molar-refractivity contribution in [2.45, 2.75) is 26.2 Å². The molecule has 0 saturated carbocycles. The Labute approximate surface area is 116 Å². The first kappa shape index (κ1) is 6.92. The van der Waals surface area contributed by atoms with Gasteiger partial charge in [0.25, 0.3) is 5.91 Å². The van der Waals surface area contributed by atoms with E-state index in [1.165, 1.54) is 10.6 Å². The maximum atomic E-state index is 12.6. The summed E-state index contributed by atoms with van der Waals surface area (Å²) in [5.41, 5.74) is 1.02. The molecule has 0 aliphatic rings. The number of carbonyl (C=O) groups is 1. The number of rotatable bonds is 1. The van der Waals surface area contributed by atoms with Gasteiger partial charge in [-0.3, -0.25) is 9.20 Å². The van der Waals surface area contributed by atoms with E-state index in [0.29, 0.717) is 5.65 Å². The van der Waals surface area contributed by atoms with Gasteiger partial charge in [-0.1, -0.05) is 26.8 Å². The van der Waals surface area contributed by atoms with E-state index in [1.54, 1.807) is 12.3 Å². The third kappa shape index (κ3) is 2.10. The Morgan fingerprint density at radius 2 is 2.11 bits per heavy atom. The Morgan fingerprint density at radius 1 is 1.39 bits per heavy atom. The van der Waals surface area contributed by atoms with Gasteiger partial charge < -0.3 is 4.90 Å². The van der Waals surface area contributed by atoms with Crippen LogP contribution in [0.25, 0.3) is 5.65 Å². The van der Waals surface area contributed by atoms with E-state index in [0.717, 1.165) is 5.56 Å². The van der Waals surface area contributed by atoms with E-state index in [4.69, 9.17) is 8.22 Å². The van der Waals surface area contributed by atoms with E-state index >= 15 is 0 Å². The molecule has 2 rings (SSSR count). The van der Waals surface area contributed by atoms with Gasteiger partial charge in [0.15, 0.2) is 0 Å². The predicted octanol–water partition coefficient (Wildman–Crippen LogP) is 2.33. The molecule has 0 radical (unpaired) electrons. The van der Waals surface area contributed by atoms with Gasteiger partial charge in [-0.15, -0.1) is 0 Å². The maximum Gasteiger partial charge on any atom is 0.271 e. The Morgan fingerprint density at radius 3 is 2.72 bits per heavy atom. The molecule has 4 nitrogen and oxygen atoms in total. The zero-order valence-corrected chi connectivity index (χ0v) is 10.6. The molecule has 2 aromatic heterocycles. The van der Waals surface area contributed by atoms with Crippen molar-refractivity contribution in [3.05, 3.63) is 35.8 Å². The van der Waals surface area contributed by atoms with Gasteiger partial charge >= 0.3 is 0 Å². The minimum Gasteiger partial charge on any atom is -0.343 e. The van der Waals surface area contributed by atoms with E-state index in [2.05, 4.69) is 4.98 Å². The number of hydrogen-bond donors (Lipinski definition) is 0. The molecule has 0 N–H and O–H groups in total. The van der Waals surface area contributed by atoms with Gasteiger partial charge in [0.2, 0.25) is 0 Å². The van der Waals surface area contributed by atoms with Gasteiger partial charge in [-0.05, 0) is 17.0 Å². The first-order valence-electron chi connectivity index (χ1n) is 8.55. The number of amides is 1. The molecule has 0 bridgehead atoms. The standard InChI is InChI=1S/C14H19N3O/c1-14(2,3)10-6-7-12-15-8-11(17(12)9-10)13(18)16(4)5/h6-9H,1-5H3/i4D3,5D3. The largest absolute Gasteiger partial charge is 0.343 e. The molecule has 18 heavy (non-hydrogen) atoms. The molecule has 0 atom stereocenters. The average molecular weight is 251 g/mol. The number of pyridine rings is 1. The van der Waals surface area contributed by atoms with E-state index < -0.39 is 19.9 Å². The van der Waals surface area contributed by atoms with Crippen molar-refractivity contribution < 1.29 is 13.0 Å². The quantitative estimate of drug-likeness (QED) is 0.780. The van der Waals surface area contributed by atoms with Crippen LogP contribution in [-0.4, -0.2) is 34.1 Å². The second-order valence-corrected chi connectivity index (χ2v) is 5.18. The third-order valence-electron chi connectivity index (χ3n) is 2.79. The highest BCUT2D eigenvalue weighted by atomic mass is 16.2. The topological polar surface area (TPSA) is 37.6 Å². The van der Waals surface area contributed by atoms with Crippen LogP contribution in [0.4, 0.5) is 0 Å². The van der Waals surface area contributed by atoms with Crippen molar-refractivity contribution in [2.24, 2.45) is 0 Å². The number of carbonyl (C=O) groups excluding carboxylic acids is 1. The van der Waals surface area contributed by atoms with Gasteiger partial charge in [0, 0.05) is 28.4 Å². The molecule has 0 spiro atoms. The van der Waals surface area contributed by atoms with E-state index in [1.807, 2.05) is 26.8 Å². The Balaban J connectivity index is 2.61. The van der Waals surface area contributed by atoms with Crippen LogP contribution >= 0.6 is 0 Å². The molecule has 2 heterocycles. The number of hydrogen-bond acceptors (Lipinski definition) is 2. The van der Waals surface area contributed by atoms with Crippen LogP contribution in [0.1, 0.15) is 45.0 Å². The summed E-state index contributed by atoms with van der Waals surface area (Å²) < 4.78 is 45.7. The smallest absolute Gasteiger partial charge is 0.271 e. The highest BCUT2D eigenvalue weighted by Gasteiger charge is 2.18. The molecule has 1 amide bonds. The lowest BCUT2D eigenvalue weighted by Gasteiger charge is -2.19. The minimum absolute atomic E-state index is 0.0623. The second kappa shape index (κ2) is 4.12. The van der Waals surface area contributed by atoms with Gasteiger partial charge in [-0.25, -0.2) is 4.98 Å². The molecular weight excluding hydrogens is 226 g/mol.